The maximum atomic E-state index is 12.2. The Morgan fingerprint density at radius 2 is 1.58 bits per heavy atom. The maximum Gasteiger partial charge on any atom is 0.257 e. The topological polar surface area (TPSA) is 78.5 Å². The smallest absolute Gasteiger partial charge is 0.257 e. The molecule has 1 amide bonds. The number of hydrogen-bond donors (Lipinski definition) is 2. The van der Waals surface area contributed by atoms with E-state index in [1.165, 1.54) is 44.4 Å². The molecular weight excluding hydrogens is 417 g/mol. The number of halogens is 2. The van der Waals surface area contributed by atoms with E-state index in [0.717, 1.165) is 4.31 Å². The Hall–Kier alpha value is -1.71. The van der Waals surface area contributed by atoms with Crippen molar-refractivity contribution in [3.05, 3.63) is 58.1 Å². The van der Waals surface area contributed by atoms with E-state index >= 15 is 0 Å². The summed E-state index contributed by atoms with van der Waals surface area (Å²) in [5.41, 5.74) is 0.788. The van der Waals surface area contributed by atoms with Gasteiger partial charge in [0.1, 0.15) is 0 Å². The summed E-state index contributed by atoms with van der Waals surface area (Å²) in [6, 6.07) is 10.4. The molecule has 6 nitrogen and oxygen atoms in total. The molecule has 2 rings (SSSR count). The lowest BCUT2D eigenvalue weighted by atomic mass is 10.2. The van der Waals surface area contributed by atoms with Crippen molar-refractivity contribution in [3.8, 4) is 0 Å². The van der Waals surface area contributed by atoms with E-state index in [9.17, 15) is 13.2 Å². The summed E-state index contributed by atoms with van der Waals surface area (Å²) in [4.78, 5) is 12.3. The Kier molecular flexibility index (Phi) is 6.59. The molecule has 26 heavy (non-hydrogen) atoms. The van der Waals surface area contributed by atoms with Crippen molar-refractivity contribution in [2.75, 3.05) is 19.4 Å². The van der Waals surface area contributed by atoms with Crippen LogP contribution in [0.4, 0.5) is 5.69 Å². The number of sulfonamides is 1. The molecule has 0 heterocycles. The molecule has 2 aromatic rings. The first-order valence-electron chi connectivity index (χ1n) is 7.20. The zero-order chi connectivity index (χ0) is 19.5. The molecule has 0 unspecified atom stereocenters. The van der Waals surface area contributed by atoms with Crippen molar-refractivity contribution in [1.29, 1.82) is 0 Å². The fourth-order valence-electron chi connectivity index (χ4n) is 1.94. The van der Waals surface area contributed by atoms with Gasteiger partial charge >= 0.3 is 0 Å². The van der Waals surface area contributed by atoms with Crippen LogP contribution >= 0.6 is 35.4 Å². The number of carbonyl (C=O) groups is 1. The van der Waals surface area contributed by atoms with Gasteiger partial charge in [0, 0.05) is 35.4 Å². The van der Waals surface area contributed by atoms with Crippen LogP contribution in [0.5, 0.6) is 0 Å². The van der Waals surface area contributed by atoms with Crippen LogP contribution in [0.15, 0.2) is 47.4 Å². The molecule has 0 saturated heterocycles. The van der Waals surface area contributed by atoms with Gasteiger partial charge in [-0.1, -0.05) is 23.2 Å². The lowest BCUT2D eigenvalue weighted by molar-refractivity contribution is 0.0977. The molecule has 0 aromatic heterocycles. The Bertz CT molecular complexity index is 925. The minimum Gasteiger partial charge on any atom is -0.332 e. The number of hydrogen-bond acceptors (Lipinski definition) is 4. The van der Waals surface area contributed by atoms with E-state index in [1.807, 2.05) is 0 Å². The number of nitrogens with one attached hydrogen (secondary N) is 2. The summed E-state index contributed by atoms with van der Waals surface area (Å²) in [5.74, 6) is -0.473. The Labute approximate surface area is 167 Å². The second-order valence-electron chi connectivity index (χ2n) is 5.38. The van der Waals surface area contributed by atoms with Gasteiger partial charge < -0.3 is 5.32 Å². The summed E-state index contributed by atoms with van der Waals surface area (Å²) in [6.07, 6.45) is 0. The van der Waals surface area contributed by atoms with E-state index in [2.05, 4.69) is 10.6 Å². The van der Waals surface area contributed by atoms with Crippen LogP contribution in [-0.2, 0) is 10.0 Å². The van der Waals surface area contributed by atoms with Gasteiger partial charge in [-0.15, -0.1) is 0 Å². The highest BCUT2D eigenvalue weighted by atomic mass is 35.5. The summed E-state index contributed by atoms with van der Waals surface area (Å²) in [5, 5.41) is 6.02. The van der Waals surface area contributed by atoms with Crippen molar-refractivity contribution < 1.29 is 13.2 Å². The van der Waals surface area contributed by atoms with Crippen LogP contribution in [-0.4, -0.2) is 37.8 Å². The third kappa shape index (κ3) is 5.15. The van der Waals surface area contributed by atoms with Gasteiger partial charge in [0.05, 0.1) is 4.90 Å². The number of amides is 1. The van der Waals surface area contributed by atoms with Gasteiger partial charge in [-0.25, -0.2) is 12.7 Å². The standard InChI is InChI=1S/C16H15Cl2N3O3S2/c1-21(2)26(23,24)14-5-3-13(4-6-14)19-16(25)20-15(22)10-7-11(17)9-12(18)8-10/h3-9H,1-2H3,(H2,19,20,22,25). The lowest BCUT2D eigenvalue weighted by Gasteiger charge is -2.13. The minimum atomic E-state index is -3.51. The van der Waals surface area contributed by atoms with Crippen molar-refractivity contribution in [2.24, 2.45) is 0 Å². The largest absolute Gasteiger partial charge is 0.332 e. The average molecular weight is 432 g/mol. The summed E-state index contributed by atoms with van der Waals surface area (Å²) in [7, 11) is -0.602. The number of carbonyl (C=O) groups excluding carboxylic acids is 1. The van der Waals surface area contributed by atoms with Crippen LogP contribution in [0, 0.1) is 0 Å². The number of thiocarbonyl (C=S) groups is 1. The molecule has 0 aliphatic heterocycles. The van der Waals surface area contributed by atoms with E-state index in [4.69, 9.17) is 35.4 Å². The highest BCUT2D eigenvalue weighted by Gasteiger charge is 2.16. The monoisotopic (exact) mass is 431 g/mol. The van der Waals surface area contributed by atoms with Gasteiger partial charge in [-0.05, 0) is 54.7 Å². The normalized spacial score (nSPS) is 11.3. The lowest BCUT2D eigenvalue weighted by Crippen LogP contribution is -2.34. The van der Waals surface area contributed by atoms with E-state index < -0.39 is 15.9 Å². The first kappa shape index (κ1) is 20.6. The molecule has 0 bridgehead atoms. The van der Waals surface area contributed by atoms with Crippen molar-refractivity contribution in [3.63, 3.8) is 0 Å². The van der Waals surface area contributed by atoms with E-state index in [-0.39, 0.29) is 15.6 Å². The third-order valence-electron chi connectivity index (χ3n) is 3.24. The maximum absolute atomic E-state index is 12.2. The summed E-state index contributed by atoms with van der Waals surface area (Å²) >= 11 is 16.8. The molecule has 0 radical (unpaired) electrons. The fraction of sp³-hybridized carbons (Fsp3) is 0.125. The van der Waals surface area contributed by atoms with E-state index in [1.54, 1.807) is 12.1 Å². The molecule has 10 heteroatoms. The highest BCUT2D eigenvalue weighted by molar-refractivity contribution is 7.89. The van der Waals surface area contributed by atoms with Gasteiger partial charge in [-0.2, -0.15) is 0 Å². The molecule has 138 valence electrons. The third-order valence-corrected chi connectivity index (χ3v) is 5.71. The van der Waals surface area contributed by atoms with Gasteiger partial charge in [0.2, 0.25) is 10.0 Å². The molecule has 0 fully saturated rings. The van der Waals surface area contributed by atoms with Crippen LogP contribution in [0.1, 0.15) is 10.4 Å². The van der Waals surface area contributed by atoms with E-state index in [0.29, 0.717) is 15.7 Å². The molecule has 0 aliphatic carbocycles. The molecule has 2 aromatic carbocycles. The number of nitrogens with zero attached hydrogens (tertiary/aromatic N) is 1. The first-order valence-corrected chi connectivity index (χ1v) is 9.81. The van der Waals surface area contributed by atoms with Crippen LogP contribution in [0.3, 0.4) is 0 Å². The predicted octanol–water partition coefficient (Wildman–Crippen LogP) is 3.37. The Morgan fingerprint density at radius 1 is 1.04 bits per heavy atom. The summed E-state index contributed by atoms with van der Waals surface area (Å²) < 4.78 is 25.2. The minimum absolute atomic E-state index is 0.0503. The first-order chi connectivity index (χ1) is 12.1. The van der Waals surface area contributed by atoms with Crippen molar-refractivity contribution >= 4 is 62.2 Å². The second kappa shape index (κ2) is 8.32. The quantitative estimate of drug-likeness (QED) is 0.725. The van der Waals surface area contributed by atoms with Gasteiger partial charge in [-0.3, -0.25) is 10.1 Å². The average Bonchev–Trinajstić information content (AvgIpc) is 2.54. The SMILES string of the molecule is CN(C)S(=O)(=O)c1ccc(NC(=S)NC(=O)c2cc(Cl)cc(Cl)c2)cc1. The highest BCUT2D eigenvalue weighted by Crippen LogP contribution is 2.19. The number of rotatable bonds is 4. The molecular formula is C16H15Cl2N3O3S2. The molecule has 2 N–H and O–H groups in total. The Balaban J connectivity index is 2.05. The molecule has 0 spiro atoms. The molecule has 0 saturated carbocycles. The molecule has 0 aliphatic rings. The summed E-state index contributed by atoms with van der Waals surface area (Å²) in [6.45, 7) is 0. The Morgan fingerprint density at radius 3 is 2.08 bits per heavy atom. The van der Waals surface area contributed by atoms with Crippen molar-refractivity contribution in [2.45, 2.75) is 4.90 Å². The van der Waals surface area contributed by atoms with Crippen LogP contribution < -0.4 is 10.6 Å². The van der Waals surface area contributed by atoms with Crippen LogP contribution in [0.25, 0.3) is 0 Å². The zero-order valence-electron chi connectivity index (χ0n) is 13.8. The number of anilines is 1. The van der Waals surface area contributed by atoms with Gasteiger partial charge in [0.25, 0.3) is 5.91 Å². The molecule has 0 atom stereocenters. The van der Waals surface area contributed by atoms with Gasteiger partial charge in [0.15, 0.2) is 5.11 Å². The predicted molar refractivity (Wildman–Crippen MR) is 107 cm³/mol. The zero-order valence-corrected chi connectivity index (χ0v) is 16.9. The van der Waals surface area contributed by atoms with Crippen molar-refractivity contribution in [1.82, 2.24) is 9.62 Å². The number of benzene rings is 2. The fourth-order valence-corrected chi connectivity index (χ4v) is 3.58. The van der Waals surface area contributed by atoms with Crippen LogP contribution in [0.2, 0.25) is 10.0 Å². The second-order valence-corrected chi connectivity index (χ2v) is 8.81.